The zero-order chi connectivity index (χ0) is 11.3. The van der Waals surface area contributed by atoms with Gasteiger partial charge in [0.25, 0.3) is 0 Å². The van der Waals surface area contributed by atoms with Gasteiger partial charge in [-0.05, 0) is 12.8 Å². The highest BCUT2D eigenvalue weighted by molar-refractivity contribution is 5.98. The van der Waals surface area contributed by atoms with Crippen molar-refractivity contribution in [1.29, 1.82) is 0 Å². The number of rotatable bonds is 5. The molecule has 1 amide bonds. The summed E-state index contributed by atoms with van der Waals surface area (Å²) >= 11 is 0. The molecule has 1 atom stereocenters. The Balaban J connectivity index is 4.24. The van der Waals surface area contributed by atoms with E-state index in [9.17, 15) is 14.4 Å². The van der Waals surface area contributed by atoms with E-state index in [0.29, 0.717) is 0 Å². The molecule has 0 rings (SSSR count). The SMILES string of the molecule is CC(=O)CC(=O)N[C@H](C(=O)O)C(C)C. The molecule has 0 aliphatic rings. The summed E-state index contributed by atoms with van der Waals surface area (Å²) in [5.74, 6) is -2.12. The average molecular weight is 201 g/mol. The van der Waals surface area contributed by atoms with Gasteiger partial charge in [0.2, 0.25) is 5.91 Å². The number of carbonyl (C=O) groups is 3. The zero-order valence-electron chi connectivity index (χ0n) is 8.53. The minimum atomic E-state index is -1.09. The Morgan fingerprint density at radius 1 is 1.29 bits per heavy atom. The molecular formula is C9H15NO4. The Bertz CT molecular complexity index is 247. The molecule has 2 N–H and O–H groups in total. The molecular weight excluding hydrogens is 186 g/mol. The van der Waals surface area contributed by atoms with Crippen molar-refractivity contribution in [2.24, 2.45) is 5.92 Å². The monoisotopic (exact) mass is 201 g/mol. The molecule has 0 radical (unpaired) electrons. The highest BCUT2D eigenvalue weighted by Gasteiger charge is 2.23. The predicted octanol–water partition coefficient (Wildman–Crippen LogP) is 0.191. The van der Waals surface area contributed by atoms with E-state index in [-0.39, 0.29) is 18.1 Å². The van der Waals surface area contributed by atoms with Gasteiger partial charge in [-0.3, -0.25) is 9.59 Å². The molecule has 14 heavy (non-hydrogen) atoms. The maximum atomic E-state index is 11.1. The van der Waals surface area contributed by atoms with Crippen LogP contribution in [-0.2, 0) is 14.4 Å². The molecule has 0 heterocycles. The lowest BCUT2D eigenvalue weighted by Crippen LogP contribution is -2.44. The Morgan fingerprint density at radius 3 is 2.07 bits per heavy atom. The molecule has 0 aromatic heterocycles. The second-order valence-corrected chi connectivity index (χ2v) is 3.51. The van der Waals surface area contributed by atoms with Crippen molar-refractivity contribution in [3.05, 3.63) is 0 Å². The fourth-order valence-electron chi connectivity index (χ4n) is 0.964. The van der Waals surface area contributed by atoms with Crippen molar-refractivity contribution in [3.63, 3.8) is 0 Å². The summed E-state index contributed by atoms with van der Waals surface area (Å²) in [5.41, 5.74) is 0. The van der Waals surface area contributed by atoms with E-state index in [0.717, 1.165) is 0 Å². The highest BCUT2D eigenvalue weighted by atomic mass is 16.4. The molecule has 0 aromatic carbocycles. The Hall–Kier alpha value is -1.39. The molecule has 5 heteroatoms. The summed E-state index contributed by atoms with van der Waals surface area (Å²) in [6.45, 7) is 4.66. The summed E-state index contributed by atoms with van der Waals surface area (Å²) in [7, 11) is 0. The summed E-state index contributed by atoms with van der Waals surface area (Å²) in [6.07, 6.45) is -0.267. The van der Waals surface area contributed by atoms with Crippen molar-refractivity contribution >= 4 is 17.7 Å². The van der Waals surface area contributed by atoms with Gasteiger partial charge in [-0.1, -0.05) is 13.8 Å². The first kappa shape index (κ1) is 12.6. The maximum absolute atomic E-state index is 11.1. The third kappa shape index (κ3) is 4.59. The van der Waals surface area contributed by atoms with Gasteiger partial charge in [0.05, 0.1) is 6.42 Å². The molecule has 0 aromatic rings. The van der Waals surface area contributed by atoms with Gasteiger partial charge in [0.15, 0.2) is 0 Å². The van der Waals surface area contributed by atoms with Crippen molar-refractivity contribution in [2.45, 2.75) is 33.2 Å². The second kappa shape index (κ2) is 5.36. The third-order valence-electron chi connectivity index (χ3n) is 1.66. The largest absolute Gasteiger partial charge is 0.480 e. The van der Waals surface area contributed by atoms with Gasteiger partial charge < -0.3 is 10.4 Å². The molecule has 0 unspecified atom stereocenters. The first-order valence-corrected chi connectivity index (χ1v) is 4.36. The van der Waals surface area contributed by atoms with Crippen molar-refractivity contribution in [2.75, 3.05) is 0 Å². The van der Waals surface area contributed by atoms with Crippen LogP contribution in [0.2, 0.25) is 0 Å². The molecule has 0 saturated carbocycles. The van der Waals surface area contributed by atoms with E-state index < -0.39 is 17.9 Å². The van der Waals surface area contributed by atoms with Crippen molar-refractivity contribution in [3.8, 4) is 0 Å². The number of Topliss-reactive ketones (excluding diaryl/α,β-unsaturated/α-hetero) is 1. The summed E-state index contributed by atoms with van der Waals surface area (Å²) in [6, 6.07) is -0.929. The van der Waals surface area contributed by atoms with Crippen LogP contribution >= 0.6 is 0 Å². The fraction of sp³-hybridized carbons (Fsp3) is 0.667. The number of carbonyl (C=O) groups excluding carboxylic acids is 2. The van der Waals surface area contributed by atoms with Crippen LogP contribution in [0.3, 0.4) is 0 Å². The van der Waals surface area contributed by atoms with Gasteiger partial charge in [-0.25, -0.2) is 4.79 Å². The van der Waals surface area contributed by atoms with E-state index in [1.165, 1.54) is 6.92 Å². The van der Waals surface area contributed by atoms with Crippen LogP contribution in [0.5, 0.6) is 0 Å². The first-order chi connectivity index (χ1) is 6.34. The van der Waals surface area contributed by atoms with Crippen LogP contribution in [0.1, 0.15) is 27.2 Å². The average Bonchev–Trinajstić information content (AvgIpc) is 1.97. The standard InChI is InChI=1S/C9H15NO4/c1-5(2)8(9(13)14)10-7(12)4-6(3)11/h5,8H,4H2,1-3H3,(H,10,12)(H,13,14)/t8-/m0/s1. The quantitative estimate of drug-likeness (QED) is 0.622. The highest BCUT2D eigenvalue weighted by Crippen LogP contribution is 2.01. The molecule has 0 fully saturated rings. The smallest absolute Gasteiger partial charge is 0.326 e. The van der Waals surface area contributed by atoms with Gasteiger partial charge in [-0.15, -0.1) is 0 Å². The number of carboxylic acids is 1. The van der Waals surface area contributed by atoms with E-state index >= 15 is 0 Å². The van der Waals surface area contributed by atoms with Crippen LogP contribution in [0, 0.1) is 5.92 Å². The number of amides is 1. The van der Waals surface area contributed by atoms with E-state index in [2.05, 4.69) is 5.32 Å². The third-order valence-corrected chi connectivity index (χ3v) is 1.66. The van der Waals surface area contributed by atoms with Crippen molar-refractivity contribution in [1.82, 2.24) is 5.32 Å². The molecule has 80 valence electrons. The number of carboxylic acid groups (broad SMARTS) is 1. The van der Waals surface area contributed by atoms with Crippen LogP contribution < -0.4 is 5.32 Å². The molecule has 0 saturated heterocycles. The fourth-order valence-corrected chi connectivity index (χ4v) is 0.964. The maximum Gasteiger partial charge on any atom is 0.326 e. The number of hydrogen-bond acceptors (Lipinski definition) is 3. The minimum Gasteiger partial charge on any atom is -0.480 e. The Morgan fingerprint density at radius 2 is 1.79 bits per heavy atom. The van der Waals surface area contributed by atoms with E-state index in [1.54, 1.807) is 13.8 Å². The molecule has 0 spiro atoms. The number of ketones is 1. The summed E-state index contributed by atoms with van der Waals surface area (Å²) in [4.78, 5) is 32.3. The number of nitrogens with one attached hydrogen (secondary N) is 1. The lowest BCUT2D eigenvalue weighted by atomic mass is 10.0. The van der Waals surface area contributed by atoms with Crippen LogP contribution in [-0.4, -0.2) is 28.8 Å². The Labute approximate surface area is 82.5 Å². The van der Waals surface area contributed by atoms with E-state index in [1.807, 2.05) is 0 Å². The number of aliphatic carboxylic acids is 1. The van der Waals surface area contributed by atoms with Crippen LogP contribution in [0.4, 0.5) is 0 Å². The van der Waals surface area contributed by atoms with Crippen LogP contribution in [0.25, 0.3) is 0 Å². The van der Waals surface area contributed by atoms with Gasteiger partial charge in [0, 0.05) is 0 Å². The molecule has 0 bridgehead atoms. The van der Waals surface area contributed by atoms with Crippen LogP contribution in [0.15, 0.2) is 0 Å². The van der Waals surface area contributed by atoms with Crippen molar-refractivity contribution < 1.29 is 19.5 Å². The normalized spacial score (nSPS) is 12.3. The molecule has 5 nitrogen and oxygen atoms in total. The molecule has 0 aliphatic heterocycles. The van der Waals surface area contributed by atoms with Gasteiger partial charge in [0.1, 0.15) is 11.8 Å². The minimum absolute atomic E-state index is 0.205. The second-order valence-electron chi connectivity index (χ2n) is 3.51. The summed E-state index contributed by atoms with van der Waals surface area (Å²) in [5, 5.41) is 11.0. The predicted molar refractivity (Wildman–Crippen MR) is 49.7 cm³/mol. The first-order valence-electron chi connectivity index (χ1n) is 4.36. The molecule has 0 aliphatic carbocycles. The zero-order valence-corrected chi connectivity index (χ0v) is 8.53. The number of hydrogen-bond donors (Lipinski definition) is 2. The van der Waals surface area contributed by atoms with Gasteiger partial charge >= 0.3 is 5.97 Å². The van der Waals surface area contributed by atoms with E-state index in [4.69, 9.17) is 5.11 Å². The van der Waals surface area contributed by atoms with Gasteiger partial charge in [-0.2, -0.15) is 0 Å². The lowest BCUT2D eigenvalue weighted by Gasteiger charge is -2.17. The summed E-state index contributed by atoms with van der Waals surface area (Å²) < 4.78 is 0. The topological polar surface area (TPSA) is 83.5 Å². The lowest BCUT2D eigenvalue weighted by molar-refractivity contribution is -0.143. The Kier molecular flexibility index (Phi) is 4.83.